The van der Waals surface area contributed by atoms with Crippen LogP contribution >= 0.6 is 0 Å². The van der Waals surface area contributed by atoms with Crippen LogP contribution in [0.1, 0.15) is 34.3 Å². The van der Waals surface area contributed by atoms with Gasteiger partial charge in [-0.05, 0) is 54.3 Å². The predicted molar refractivity (Wildman–Crippen MR) is 115 cm³/mol. The molecule has 0 spiro atoms. The zero-order valence-corrected chi connectivity index (χ0v) is 16.9. The van der Waals surface area contributed by atoms with Crippen LogP contribution in [0.5, 0.6) is 0 Å². The molecule has 1 amide bonds. The zero-order valence-electron chi connectivity index (χ0n) is 16.9. The third-order valence-electron chi connectivity index (χ3n) is 4.93. The van der Waals surface area contributed by atoms with Gasteiger partial charge in [0, 0.05) is 35.8 Å². The number of anilines is 1. The van der Waals surface area contributed by atoms with E-state index in [2.05, 4.69) is 15.0 Å². The van der Waals surface area contributed by atoms with E-state index in [1.165, 1.54) is 7.11 Å². The number of benzene rings is 2. The molecule has 2 aromatic carbocycles. The fourth-order valence-electron chi connectivity index (χ4n) is 3.28. The van der Waals surface area contributed by atoms with Crippen molar-refractivity contribution in [3.8, 4) is 0 Å². The van der Waals surface area contributed by atoms with E-state index < -0.39 is 5.97 Å². The summed E-state index contributed by atoms with van der Waals surface area (Å²) in [6, 6.07) is 12.6. The highest BCUT2D eigenvalue weighted by atomic mass is 16.5. The van der Waals surface area contributed by atoms with Gasteiger partial charge >= 0.3 is 5.97 Å². The summed E-state index contributed by atoms with van der Waals surface area (Å²) < 4.78 is 4.66. The quantitative estimate of drug-likeness (QED) is 0.287. The number of amides is 1. The van der Waals surface area contributed by atoms with E-state index in [4.69, 9.17) is 5.73 Å². The van der Waals surface area contributed by atoms with Gasteiger partial charge < -0.3 is 20.8 Å². The van der Waals surface area contributed by atoms with Crippen LogP contribution in [0.3, 0.4) is 0 Å². The summed E-state index contributed by atoms with van der Waals surface area (Å²) in [5, 5.41) is 3.84. The van der Waals surface area contributed by atoms with E-state index in [9.17, 15) is 14.4 Å². The Hall–Kier alpha value is -3.61. The molecule has 7 heteroatoms. The second-order valence-corrected chi connectivity index (χ2v) is 7.12. The molecule has 0 bridgehead atoms. The van der Waals surface area contributed by atoms with Gasteiger partial charge in [-0.15, -0.1) is 0 Å². The number of carbonyl (C=O) groups excluding carboxylic acids is 3. The first-order chi connectivity index (χ1) is 14.5. The number of rotatable bonds is 9. The van der Waals surface area contributed by atoms with Crippen LogP contribution in [0.15, 0.2) is 48.7 Å². The summed E-state index contributed by atoms with van der Waals surface area (Å²) in [6.07, 6.45) is 3.21. The molecule has 0 saturated heterocycles. The Labute approximate surface area is 174 Å². The van der Waals surface area contributed by atoms with Gasteiger partial charge in [-0.3, -0.25) is 9.59 Å². The lowest BCUT2D eigenvalue weighted by atomic mass is 10.0. The van der Waals surface area contributed by atoms with Gasteiger partial charge in [0.15, 0.2) is 0 Å². The second kappa shape index (κ2) is 9.73. The minimum atomic E-state index is -0.398. The molecule has 0 fully saturated rings. The number of methoxy groups -OCH3 is 1. The summed E-state index contributed by atoms with van der Waals surface area (Å²) in [7, 11) is 1.33. The van der Waals surface area contributed by atoms with Crippen molar-refractivity contribution >= 4 is 34.3 Å². The number of aromatic amines is 1. The molecule has 1 aromatic heterocycles. The molecule has 0 atom stereocenters. The fourth-order valence-corrected chi connectivity index (χ4v) is 3.28. The van der Waals surface area contributed by atoms with Crippen LogP contribution in [-0.4, -0.2) is 36.3 Å². The number of nitrogens with two attached hydrogens (primary N) is 1. The molecular formula is C23H25N3O4. The summed E-state index contributed by atoms with van der Waals surface area (Å²) in [6.45, 7) is 0.447. The summed E-state index contributed by atoms with van der Waals surface area (Å²) >= 11 is 0. The van der Waals surface area contributed by atoms with Crippen molar-refractivity contribution in [2.24, 2.45) is 0 Å². The van der Waals surface area contributed by atoms with E-state index in [0.717, 1.165) is 22.0 Å². The average molecular weight is 407 g/mol. The number of aromatic nitrogens is 1. The Morgan fingerprint density at radius 3 is 2.57 bits per heavy atom. The maximum atomic E-state index is 12.1. The Kier molecular flexibility index (Phi) is 6.85. The van der Waals surface area contributed by atoms with Crippen LogP contribution in [0.4, 0.5) is 5.69 Å². The lowest BCUT2D eigenvalue weighted by molar-refractivity contribution is -0.128. The molecule has 3 aromatic rings. The smallest absolute Gasteiger partial charge is 0.337 e. The molecule has 0 saturated carbocycles. The fraction of sp³-hybridized carbons (Fsp3) is 0.261. The molecule has 0 aliphatic rings. The summed E-state index contributed by atoms with van der Waals surface area (Å²) in [5.74, 6) is -0.796. The molecule has 7 nitrogen and oxygen atoms in total. The van der Waals surface area contributed by atoms with E-state index in [-0.39, 0.29) is 24.5 Å². The number of hydrogen-bond donors (Lipinski definition) is 3. The number of aryl methyl sites for hydroxylation is 1. The standard InChI is InChI=1S/C23H25N3O4/c1-30-23(29)16-5-2-15(3-6-16)4-8-19(27)13-22(28)25-11-10-17-14-26-21-9-7-18(24)12-20(17)21/h2-3,5-7,9,12,14,26H,4,8,10-11,13,24H2,1H3,(H,25,28). The van der Waals surface area contributed by atoms with Gasteiger partial charge in [0.05, 0.1) is 19.1 Å². The van der Waals surface area contributed by atoms with Crippen molar-refractivity contribution in [2.45, 2.75) is 25.7 Å². The number of ketones is 1. The van der Waals surface area contributed by atoms with Crippen LogP contribution in [0, 0.1) is 0 Å². The Morgan fingerprint density at radius 1 is 1.07 bits per heavy atom. The van der Waals surface area contributed by atoms with Gasteiger partial charge in [-0.2, -0.15) is 0 Å². The normalized spacial score (nSPS) is 10.7. The van der Waals surface area contributed by atoms with Gasteiger partial charge in [-0.1, -0.05) is 12.1 Å². The van der Waals surface area contributed by atoms with Crippen molar-refractivity contribution in [3.05, 3.63) is 65.4 Å². The van der Waals surface area contributed by atoms with Gasteiger partial charge in [-0.25, -0.2) is 4.79 Å². The lowest BCUT2D eigenvalue weighted by Gasteiger charge is -2.06. The number of esters is 1. The number of nitrogen functional groups attached to an aromatic ring is 1. The maximum absolute atomic E-state index is 12.1. The van der Waals surface area contributed by atoms with Gasteiger partial charge in [0.2, 0.25) is 5.91 Å². The molecule has 4 N–H and O–H groups in total. The maximum Gasteiger partial charge on any atom is 0.337 e. The second-order valence-electron chi connectivity index (χ2n) is 7.12. The molecule has 156 valence electrons. The summed E-state index contributed by atoms with van der Waals surface area (Å²) in [4.78, 5) is 38.8. The van der Waals surface area contributed by atoms with Crippen molar-refractivity contribution in [1.82, 2.24) is 10.3 Å². The number of carbonyl (C=O) groups is 3. The summed E-state index contributed by atoms with van der Waals surface area (Å²) in [5.41, 5.74) is 9.99. The highest BCUT2D eigenvalue weighted by molar-refractivity contribution is 5.98. The topological polar surface area (TPSA) is 114 Å². The van der Waals surface area contributed by atoms with E-state index in [1.54, 1.807) is 24.3 Å². The first-order valence-electron chi connectivity index (χ1n) is 9.77. The number of hydrogen-bond acceptors (Lipinski definition) is 5. The Morgan fingerprint density at radius 2 is 1.83 bits per heavy atom. The minimum absolute atomic E-state index is 0.121. The van der Waals surface area contributed by atoms with Crippen molar-refractivity contribution in [2.75, 3.05) is 19.4 Å². The van der Waals surface area contributed by atoms with E-state index in [1.807, 2.05) is 24.4 Å². The zero-order chi connectivity index (χ0) is 21.5. The number of ether oxygens (including phenoxy) is 1. The van der Waals surface area contributed by atoms with Crippen molar-refractivity contribution < 1.29 is 19.1 Å². The van der Waals surface area contributed by atoms with Crippen molar-refractivity contribution in [1.29, 1.82) is 0 Å². The lowest BCUT2D eigenvalue weighted by Crippen LogP contribution is -2.27. The number of nitrogens with one attached hydrogen (secondary N) is 2. The van der Waals surface area contributed by atoms with E-state index >= 15 is 0 Å². The largest absolute Gasteiger partial charge is 0.465 e. The first-order valence-corrected chi connectivity index (χ1v) is 9.77. The molecule has 0 unspecified atom stereocenters. The molecule has 0 aliphatic heterocycles. The molecule has 0 aliphatic carbocycles. The molecular weight excluding hydrogens is 382 g/mol. The molecule has 0 radical (unpaired) electrons. The van der Waals surface area contributed by atoms with Crippen LogP contribution < -0.4 is 11.1 Å². The molecule has 3 rings (SSSR count). The highest BCUT2D eigenvalue weighted by Gasteiger charge is 2.11. The average Bonchev–Trinajstić information content (AvgIpc) is 3.14. The first kappa shape index (κ1) is 21.1. The monoisotopic (exact) mass is 407 g/mol. The van der Waals surface area contributed by atoms with Gasteiger partial charge in [0.25, 0.3) is 0 Å². The van der Waals surface area contributed by atoms with Crippen molar-refractivity contribution in [3.63, 3.8) is 0 Å². The van der Waals surface area contributed by atoms with Crippen LogP contribution in [0.2, 0.25) is 0 Å². The number of fused-ring (bicyclic) bond motifs is 1. The van der Waals surface area contributed by atoms with Crippen LogP contribution in [0.25, 0.3) is 10.9 Å². The van der Waals surface area contributed by atoms with Gasteiger partial charge in [0.1, 0.15) is 5.78 Å². The van der Waals surface area contributed by atoms with Crippen LogP contribution in [-0.2, 0) is 27.2 Å². The third-order valence-corrected chi connectivity index (χ3v) is 4.93. The Bertz CT molecular complexity index is 1050. The van der Waals surface area contributed by atoms with E-state index in [0.29, 0.717) is 30.6 Å². The highest BCUT2D eigenvalue weighted by Crippen LogP contribution is 2.21. The minimum Gasteiger partial charge on any atom is -0.465 e. The number of H-pyrrole nitrogens is 1. The SMILES string of the molecule is COC(=O)c1ccc(CCC(=O)CC(=O)NCCc2c[nH]c3ccc(N)cc23)cc1. The number of Topliss-reactive ketones (excluding diaryl/α,β-unsaturated/α-hetero) is 1. The predicted octanol–water partition coefficient (Wildman–Crippen LogP) is 2.79. The Balaban J connectivity index is 1.40. The third kappa shape index (κ3) is 5.47. The molecule has 1 heterocycles. The molecule has 30 heavy (non-hydrogen) atoms.